The summed E-state index contributed by atoms with van der Waals surface area (Å²) in [6.45, 7) is 7.81. The van der Waals surface area contributed by atoms with Gasteiger partial charge in [-0.3, -0.25) is 14.5 Å². The third kappa shape index (κ3) is 5.76. The van der Waals surface area contributed by atoms with Crippen molar-refractivity contribution in [3.05, 3.63) is 88.5 Å². The topological polar surface area (TPSA) is 115 Å². The molecule has 1 unspecified atom stereocenters. The summed E-state index contributed by atoms with van der Waals surface area (Å²) in [5, 5.41) is 11.5. The Morgan fingerprint density at radius 2 is 1.93 bits per heavy atom. The Hall–Kier alpha value is -4.44. The van der Waals surface area contributed by atoms with E-state index in [1.54, 1.807) is 55.5 Å². The molecular formula is C30H30N2O7S. The molecule has 1 atom stereocenters. The molecular weight excluding hydrogens is 532 g/mol. The van der Waals surface area contributed by atoms with E-state index in [4.69, 9.17) is 14.2 Å². The van der Waals surface area contributed by atoms with Crippen LogP contribution in [0.1, 0.15) is 52.3 Å². The van der Waals surface area contributed by atoms with Gasteiger partial charge in [0.05, 0.1) is 31.0 Å². The van der Waals surface area contributed by atoms with Crippen LogP contribution >= 0.6 is 11.3 Å². The third-order valence-corrected chi connectivity index (χ3v) is 7.39. The van der Waals surface area contributed by atoms with Gasteiger partial charge in [0.2, 0.25) is 0 Å². The highest BCUT2D eigenvalue weighted by molar-refractivity contribution is 7.17. The second kappa shape index (κ2) is 12.6. The number of aromatic nitrogens is 1. The van der Waals surface area contributed by atoms with Gasteiger partial charge in [0.15, 0.2) is 5.13 Å². The molecule has 0 spiro atoms. The number of carbonyl (C=O) groups is 3. The highest BCUT2D eigenvalue weighted by Gasteiger charge is 2.48. The van der Waals surface area contributed by atoms with E-state index >= 15 is 0 Å². The first-order chi connectivity index (χ1) is 19.3. The fraction of sp³-hybridized carbons (Fsp3) is 0.267. The summed E-state index contributed by atoms with van der Waals surface area (Å²) in [5.74, 6) is -1.58. The van der Waals surface area contributed by atoms with Crippen LogP contribution in [0.15, 0.2) is 66.8 Å². The molecule has 0 radical (unpaired) electrons. The van der Waals surface area contributed by atoms with Crippen molar-refractivity contribution in [3.63, 3.8) is 0 Å². The average Bonchev–Trinajstić information content (AvgIpc) is 3.48. The summed E-state index contributed by atoms with van der Waals surface area (Å²) in [7, 11) is 1.51. The van der Waals surface area contributed by atoms with E-state index in [1.807, 2.05) is 0 Å². The van der Waals surface area contributed by atoms with Crippen LogP contribution in [0.3, 0.4) is 0 Å². The third-order valence-electron chi connectivity index (χ3n) is 6.26. The molecule has 10 heteroatoms. The predicted octanol–water partition coefficient (Wildman–Crippen LogP) is 5.61. The van der Waals surface area contributed by atoms with Crippen molar-refractivity contribution in [1.82, 2.24) is 4.98 Å². The molecule has 1 N–H and O–H groups in total. The molecule has 3 aromatic rings. The normalized spacial score (nSPS) is 16.2. The van der Waals surface area contributed by atoms with E-state index < -0.39 is 23.7 Å². The molecule has 0 bridgehead atoms. The van der Waals surface area contributed by atoms with Crippen LogP contribution in [0.5, 0.6) is 11.5 Å². The standard InChI is InChI=1S/C30H30N2O7S/c1-5-7-16-38-21-13-11-19(12-14-21)25(33)23-24(20-9-8-10-22(17-20)37-4)32(28(35)26(23)34)30-31-18(3)27(40-30)29(36)39-15-6-2/h6,8-14,17,24,33H,2,5,7,15-16H2,1,3-4H3/b25-23-. The zero-order chi connectivity index (χ0) is 28.8. The lowest BCUT2D eigenvalue weighted by atomic mass is 9.95. The largest absolute Gasteiger partial charge is 0.507 e. The maximum Gasteiger partial charge on any atom is 0.350 e. The first-order valence-corrected chi connectivity index (χ1v) is 13.6. The number of carbonyl (C=O) groups excluding carboxylic acids is 3. The van der Waals surface area contributed by atoms with Crippen molar-refractivity contribution in [1.29, 1.82) is 0 Å². The van der Waals surface area contributed by atoms with Crippen molar-refractivity contribution < 1.29 is 33.7 Å². The number of thiazole rings is 1. The number of ether oxygens (including phenoxy) is 3. The molecule has 2 heterocycles. The Kier molecular flexibility index (Phi) is 9.00. The summed E-state index contributed by atoms with van der Waals surface area (Å²) < 4.78 is 16.2. The van der Waals surface area contributed by atoms with Gasteiger partial charge in [-0.15, -0.1) is 0 Å². The Balaban J connectivity index is 1.81. The first-order valence-electron chi connectivity index (χ1n) is 12.7. The SMILES string of the molecule is C=CCOC(=O)c1sc(N2C(=O)C(=O)/C(=C(\O)c3ccc(OCCCC)cc3)C2c2cccc(OC)c2)nc1C. The molecule has 0 aliphatic carbocycles. The maximum absolute atomic E-state index is 13.5. The van der Waals surface area contributed by atoms with Crippen LogP contribution in [-0.2, 0) is 14.3 Å². The van der Waals surface area contributed by atoms with Gasteiger partial charge in [-0.1, -0.05) is 49.5 Å². The van der Waals surface area contributed by atoms with Crippen molar-refractivity contribution in [2.75, 3.05) is 25.2 Å². The van der Waals surface area contributed by atoms with E-state index in [1.165, 1.54) is 18.1 Å². The first kappa shape index (κ1) is 28.6. The number of aliphatic hydroxyl groups is 1. The van der Waals surface area contributed by atoms with E-state index in [0.29, 0.717) is 34.9 Å². The second-order valence-corrected chi connectivity index (χ2v) is 9.95. The lowest BCUT2D eigenvalue weighted by molar-refractivity contribution is -0.132. The van der Waals surface area contributed by atoms with Crippen molar-refractivity contribution >= 4 is 39.9 Å². The number of aliphatic hydroxyl groups excluding tert-OH is 1. The average molecular weight is 563 g/mol. The number of nitrogens with zero attached hydrogens (tertiary/aromatic N) is 2. The lowest BCUT2D eigenvalue weighted by Crippen LogP contribution is -2.29. The van der Waals surface area contributed by atoms with Gasteiger partial charge in [0, 0.05) is 5.56 Å². The van der Waals surface area contributed by atoms with E-state index in [0.717, 1.165) is 24.2 Å². The minimum atomic E-state index is -1.03. The summed E-state index contributed by atoms with van der Waals surface area (Å²) >= 11 is 0.931. The van der Waals surface area contributed by atoms with Crippen LogP contribution in [0, 0.1) is 6.92 Å². The van der Waals surface area contributed by atoms with Crippen LogP contribution in [0.4, 0.5) is 5.13 Å². The van der Waals surface area contributed by atoms with E-state index in [-0.39, 0.29) is 27.9 Å². The van der Waals surface area contributed by atoms with Crippen LogP contribution in [0.2, 0.25) is 0 Å². The number of hydrogen-bond donors (Lipinski definition) is 1. The Labute approximate surface area is 236 Å². The number of hydrogen-bond acceptors (Lipinski definition) is 9. The molecule has 9 nitrogen and oxygen atoms in total. The van der Waals surface area contributed by atoms with Gasteiger partial charge in [0.1, 0.15) is 28.7 Å². The Bertz CT molecular complexity index is 1460. The zero-order valence-electron chi connectivity index (χ0n) is 22.5. The smallest absolute Gasteiger partial charge is 0.350 e. The van der Waals surface area contributed by atoms with Gasteiger partial charge in [-0.2, -0.15) is 0 Å². The molecule has 1 aliphatic heterocycles. The molecule has 1 aliphatic rings. The minimum absolute atomic E-state index is 0.0161. The number of ketones is 1. The molecule has 40 heavy (non-hydrogen) atoms. The van der Waals surface area contributed by atoms with E-state index in [2.05, 4.69) is 18.5 Å². The van der Waals surface area contributed by atoms with Crippen molar-refractivity contribution in [3.8, 4) is 11.5 Å². The maximum atomic E-state index is 13.5. The van der Waals surface area contributed by atoms with Crippen LogP contribution in [-0.4, -0.2) is 48.1 Å². The summed E-state index contributed by atoms with van der Waals surface area (Å²) in [5.41, 5.74) is 1.10. The predicted molar refractivity (Wildman–Crippen MR) is 152 cm³/mol. The van der Waals surface area contributed by atoms with Crippen molar-refractivity contribution in [2.45, 2.75) is 32.7 Å². The number of anilines is 1. The van der Waals surface area contributed by atoms with Gasteiger partial charge >= 0.3 is 11.9 Å². The number of benzene rings is 2. The van der Waals surface area contributed by atoms with Gasteiger partial charge < -0.3 is 19.3 Å². The molecule has 1 saturated heterocycles. The minimum Gasteiger partial charge on any atom is -0.507 e. The molecule has 0 saturated carbocycles. The highest BCUT2D eigenvalue weighted by atomic mass is 32.1. The number of rotatable bonds is 11. The summed E-state index contributed by atoms with van der Waals surface area (Å²) in [6.07, 6.45) is 3.36. The number of aryl methyl sites for hydroxylation is 1. The number of amides is 1. The molecule has 1 fully saturated rings. The number of Topliss-reactive ketones (excluding diaryl/α,β-unsaturated/α-hetero) is 1. The number of methoxy groups -OCH3 is 1. The zero-order valence-corrected chi connectivity index (χ0v) is 23.3. The van der Waals surface area contributed by atoms with Gasteiger partial charge in [0.25, 0.3) is 5.78 Å². The number of esters is 1. The van der Waals surface area contributed by atoms with Crippen LogP contribution < -0.4 is 14.4 Å². The monoisotopic (exact) mass is 562 g/mol. The molecule has 208 valence electrons. The second-order valence-electron chi connectivity index (χ2n) is 8.97. The van der Waals surface area contributed by atoms with Gasteiger partial charge in [-0.25, -0.2) is 9.78 Å². The number of unbranched alkanes of at least 4 members (excludes halogenated alkanes) is 1. The quantitative estimate of drug-likeness (QED) is 0.0801. The molecule has 1 aromatic heterocycles. The van der Waals surface area contributed by atoms with Crippen LogP contribution in [0.25, 0.3) is 5.76 Å². The van der Waals surface area contributed by atoms with Crippen molar-refractivity contribution in [2.24, 2.45) is 0 Å². The fourth-order valence-electron chi connectivity index (χ4n) is 4.23. The Morgan fingerprint density at radius 1 is 1.18 bits per heavy atom. The molecule has 2 aromatic carbocycles. The molecule has 1 amide bonds. The molecule has 4 rings (SSSR count). The van der Waals surface area contributed by atoms with Gasteiger partial charge in [-0.05, 0) is 55.3 Å². The fourth-order valence-corrected chi connectivity index (χ4v) is 5.22. The van der Waals surface area contributed by atoms with E-state index in [9.17, 15) is 19.5 Å². The summed E-state index contributed by atoms with van der Waals surface area (Å²) in [6, 6.07) is 12.5. The summed E-state index contributed by atoms with van der Waals surface area (Å²) in [4.78, 5) is 45.3. The Morgan fingerprint density at radius 3 is 2.60 bits per heavy atom. The lowest BCUT2D eigenvalue weighted by Gasteiger charge is -2.23. The highest BCUT2D eigenvalue weighted by Crippen LogP contribution is 2.44.